The molecule has 0 unspecified atom stereocenters. The van der Waals surface area contributed by atoms with Crippen LogP contribution in [0.2, 0.25) is 0 Å². The fourth-order valence-electron chi connectivity index (χ4n) is 0.332. The highest BCUT2D eigenvalue weighted by molar-refractivity contribution is 5.28. The second-order valence-electron chi connectivity index (χ2n) is 1.80. The van der Waals surface area contributed by atoms with Gasteiger partial charge in [-0.2, -0.15) is 0 Å². The number of aliphatic hydroxyl groups is 4. The average molecular weight is 146 g/mol. The van der Waals surface area contributed by atoms with Crippen molar-refractivity contribution in [1.29, 1.82) is 0 Å². The van der Waals surface area contributed by atoms with Crippen molar-refractivity contribution in [2.24, 2.45) is 0 Å². The van der Waals surface area contributed by atoms with Crippen LogP contribution in [0.5, 0.6) is 0 Å². The Bertz CT molecular complexity index is 130. The molecule has 0 spiro atoms. The zero-order valence-corrected chi connectivity index (χ0v) is 5.36. The topological polar surface area (TPSA) is 80.9 Å². The fraction of sp³-hybridized carbons (Fsp3) is 0.333. The van der Waals surface area contributed by atoms with Crippen molar-refractivity contribution in [2.45, 2.75) is 12.6 Å². The summed E-state index contributed by atoms with van der Waals surface area (Å²) >= 11 is 0. The van der Waals surface area contributed by atoms with Gasteiger partial charge in [0, 0.05) is 11.1 Å². The fourth-order valence-corrected chi connectivity index (χ4v) is 0.332. The summed E-state index contributed by atoms with van der Waals surface area (Å²) in [5.74, 6) is 0. The lowest BCUT2D eigenvalue weighted by atomic mass is 10.1. The van der Waals surface area contributed by atoms with E-state index >= 15 is 0 Å². The van der Waals surface area contributed by atoms with Gasteiger partial charge >= 0.3 is 0 Å². The molecule has 0 atom stereocenters. The average Bonchev–Trinajstić information content (AvgIpc) is 1.84. The third-order valence-corrected chi connectivity index (χ3v) is 1.04. The van der Waals surface area contributed by atoms with Crippen LogP contribution in [0.25, 0.3) is 0 Å². The molecule has 0 amide bonds. The van der Waals surface area contributed by atoms with Crippen LogP contribution in [0.4, 0.5) is 0 Å². The minimum atomic E-state index is -1.78. The molecule has 10 heavy (non-hydrogen) atoms. The Balaban J connectivity index is 4.10. The predicted octanol–water partition coefficient (Wildman–Crippen LogP) is -1.28. The standard InChI is InChI=1S/C6H10O4/c1-3(5(7)8)4(2)6(9)10/h5-10H,1-2H2. The lowest BCUT2D eigenvalue weighted by molar-refractivity contribution is -0.0290. The second-order valence-corrected chi connectivity index (χ2v) is 1.80. The van der Waals surface area contributed by atoms with Gasteiger partial charge in [-0.1, -0.05) is 13.2 Å². The van der Waals surface area contributed by atoms with Crippen molar-refractivity contribution in [2.75, 3.05) is 0 Å². The van der Waals surface area contributed by atoms with Gasteiger partial charge in [-0.15, -0.1) is 0 Å². The molecule has 0 aromatic carbocycles. The van der Waals surface area contributed by atoms with Gasteiger partial charge in [-0.05, 0) is 0 Å². The zero-order chi connectivity index (χ0) is 8.31. The molecular formula is C6H10O4. The summed E-state index contributed by atoms with van der Waals surface area (Å²) in [4.78, 5) is 0. The summed E-state index contributed by atoms with van der Waals surface area (Å²) in [5, 5.41) is 33.7. The van der Waals surface area contributed by atoms with Crippen molar-refractivity contribution in [3.05, 3.63) is 24.3 Å². The Morgan fingerprint density at radius 2 is 1.00 bits per heavy atom. The van der Waals surface area contributed by atoms with Gasteiger partial charge < -0.3 is 20.4 Å². The van der Waals surface area contributed by atoms with Crippen LogP contribution >= 0.6 is 0 Å². The van der Waals surface area contributed by atoms with E-state index in [9.17, 15) is 0 Å². The minimum Gasteiger partial charge on any atom is -0.364 e. The van der Waals surface area contributed by atoms with Crippen LogP contribution < -0.4 is 0 Å². The second kappa shape index (κ2) is 3.48. The summed E-state index contributed by atoms with van der Waals surface area (Å²) in [7, 11) is 0. The molecule has 0 radical (unpaired) electrons. The van der Waals surface area contributed by atoms with Crippen molar-refractivity contribution in [3.8, 4) is 0 Å². The summed E-state index contributed by atoms with van der Waals surface area (Å²) in [5.41, 5.74) is -0.398. The molecule has 0 aromatic heterocycles. The molecule has 0 saturated heterocycles. The molecule has 4 N–H and O–H groups in total. The van der Waals surface area contributed by atoms with Crippen LogP contribution in [-0.4, -0.2) is 33.0 Å². The number of hydrogen-bond acceptors (Lipinski definition) is 4. The summed E-state index contributed by atoms with van der Waals surface area (Å²) in [6.07, 6.45) is -3.57. The molecule has 0 aliphatic rings. The van der Waals surface area contributed by atoms with Gasteiger partial charge in [-0.25, -0.2) is 0 Å². The molecule has 0 aliphatic carbocycles. The number of hydrogen-bond donors (Lipinski definition) is 4. The van der Waals surface area contributed by atoms with Crippen LogP contribution in [0.3, 0.4) is 0 Å². The Hall–Kier alpha value is -0.680. The van der Waals surface area contributed by atoms with E-state index in [4.69, 9.17) is 20.4 Å². The molecule has 0 aliphatic heterocycles. The lowest BCUT2D eigenvalue weighted by Gasteiger charge is -2.11. The van der Waals surface area contributed by atoms with E-state index in [1.807, 2.05) is 0 Å². The highest BCUT2D eigenvalue weighted by Crippen LogP contribution is 2.10. The highest BCUT2D eigenvalue weighted by atomic mass is 16.5. The minimum absolute atomic E-state index is 0.199. The van der Waals surface area contributed by atoms with E-state index in [2.05, 4.69) is 13.2 Å². The third kappa shape index (κ3) is 2.28. The summed E-state index contributed by atoms with van der Waals surface area (Å²) in [6.45, 7) is 6.31. The Labute approximate surface area is 58.4 Å². The monoisotopic (exact) mass is 146 g/mol. The molecule has 0 aromatic rings. The van der Waals surface area contributed by atoms with Gasteiger partial charge in [0.15, 0.2) is 12.6 Å². The molecular weight excluding hydrogens is 136 g/mol. The van der Waals surface area contributed by atoms with Crippen LogP contribution in [-0.2, 0) is 0 Å². The molecule has 4 nitrogen and oxygen atoms in total. The van der Waals surface area contributed by atoms with Gasteiger partial charge in [0.05, 0.1) is 0 Å². The maximum absolute atomic E-state index is 8.41. The third-order valence-electron chi connectivity index (χ3n) is 1.04. The maximum atomic E-state index is 8.41. The highest BCUT2D eigenvalue weighted by Gasteiger charge is 2.12. The van der Waals surface area contributed by atoms with E-state index in [0.29, 0.717) is 0 Å². The number of rotatable bonds is 3. The van der Waals surface area contributed by atoms with E-state index < -0.39 is 12.6 Å². The SMILES string of the molecule is C=C(C(=C)C(O)O)C(O)O. The van der Waals surface area contributed by atoms with Gasteiger partial charge in [0.1, 0.15) is 0 Å². The van der Waals surface area contributed by atoms with Gasteiger partial charge in [-0.3, -0.25) is 0 Å². The molecule has 0 fully saturated rings. The van der Waals surface area contributed by atoms with Crippen molar-refractivity contribution >= 4 is 0 Å². The van der Waals surface area contributed by atoms with Crippen LogP contribution in [0.1, 0.15) is 0 Å². The van der Waals surface area contributed by atoms with E-state index in [-0.39, 0.29) is 11.1 Å². The Morgan fingerprint density at radius 3 is 1.10 bits per heavy atom. The zero-order valence-electron chi connectivity index (χ0n) is 5.36. The summed E-state index contributed by atoms with van der Waals surface area (Å²) in [6, 6.07) is 0. The maximum Gasteiger partial charge on any atom is 0.178 e. The largest absolute Gasteiger partial charge is 0.364 e. The Kier molecular flexibility index (Phi) is 3.24. The quantitative estimate of drug-likeness (QED) is 0.295. The molecule has 4 heteroatoms. The molecule has 0 bridgehead atoms. The molecule has 0 rings (SSSR count). The first-order chi connectivity index (χ1) is 4.46. The van der Waals surface area contributed by atoms with Crippen molar-refractivity contribution < 1.29 is 20.4 Å². The first-order valence-corrected chi connectivity index (χ1v) is 2.57. The summed E-state index contributed by atoms with van der Waals surface area (Å²) < 4.78 is 0. The molecule has 0 heterocycles. The van der Waals surface area contributed by atoms with E-state index in [1.165, 1.54) is 0 Å². The van der Waals surface area contributed by atoms with Crippen LogP contribution in [0, 0.1) is 0 Å². The van der Waals surface area contributed by atoms with Crippen LogP contribution in [0.15, 0.2) is 24.3 Å². The molecule has 58 valence electrons. The van der Waals surface area contributed by atoms with Crippen molar-refractivity contribution in [3.63, 3.8) is 0 Å². The number of aliphatic hydroxyl groups excluding tert-OH is 2. The van der Waals surface area contributed by atoms with E-state index in [0.717, 1.165) is 0 Å². The van der Waals surface area contributed by atoms with E-state index in [1.54, 1.807) is 0 Å². The first-order valence-electron chi connectivity index (χ1n) is 2.57. The molecule has 0 saturated carbocycles. The predicted molar refractivity (Wildman–Crippen MR) is 34.7 cm³/mol. The first kappa shape index (κ1) is 9.32. The van der Waals surface area contributed by atoms with Gasteiger partial charge in [0.25, 0.3) is 0 Å². The Morgan fingerprint density at radius 1 is 0.800 bits per heavy atom. The lowest BCUT2D eigenvalue weighted by Crippen LogP contribution is -2.17. The van der Waals surface area contributed by atoms with Crippen molar-refractivity contribution in [1.82, 2.24) is 0 Å². The van der Waals surface area contributed by atoms with Gasteiger partial charge in [0.2, 0.25) is 0 Å². The smallest absolute Gasteiger partial charge is 0.178 e. The normalized spacial score (nSPS) is 10.6.